The molecule has 3 aliphatic heterocycles. The Kier molecular flexibility index (Phi) is 5.34. The number of benzene rings is 1. The van der Waals surface area contributed by atoms with E-state index in [0.717, 1.165) is 32.0 Å². The molecule has 3 heterocycles. The number of hydrogen-bond donors (Lipinski definition) is 1. The van der Waals surface area contributed by atoms with Crippen LogP contribution < -0.4 is 10.1 Å². The first-order chi connectivity index (χ1) is 13.1. The maximum atomic E-state index is 13.0. The van der Waals surface area contributed by atoms with E-state index in [1.165, 1.54) is 32.4 Å². The van der Waals surface area contributed by atoms with E-state index in [1.807, 2.05) is 4.90 Å². The highest BCUT2D eigenvalue weighted by Gasteiger charge is 2.28. The first-order valence-electron chi connectivity index (χ1n) is 10.2. The molecule has 0 radical (unpaired) electrons. The van der Waals surface area contributed by atoms with Crippen molar-refractivity contribution in [3.8, 4) is 5.75 Å². The van der Waals surface area contributed by atoms with Crippen molar-refractivity contribution >= 4 is 17.5 Å². The average molecular weight is 371 g/mol. The van der Waals surface area contributed by atoms with Gasteiger partial charge < -0.3 is 19.9 Å². The third-order valence-electron chi connectivity index (χ3n) is 6.06. The van der Waals surface area contributed by atoms with Crippen LogP contribution in [0.5, 0.6) is 5.75 Å². The molecular weight excluding hydrogens is 342 g/mol. The summed E-state index contributed by atoms with van der Waals surface area (Å²) in [4.78, 5) is 29.0. The number of fused-ring (bicyclic) bond motifs is 1. The number of nitrogens with one attached hydrogen (secondary N) is 1. The predicted octanol–water partition coefficient (Wildman–Crippen LogP) is 2.60. The molecule has 6 heteroatoms. The first kappa shape index (κ1) is 18.3. The summed E-state index contributed by atoms with van der Waals surface area (Å²) in [5.41, 5.74) is 1.27. The zero-order valence-electron chi connectivity index (χ0n) is 16.1. The molecule has 0 bridgehead atoms. The Hall–Kier alpha value is -2.08. The fraction of sp³-hybridized carbons (Fsp3) is 0.619. The minimum absolute atomic E-state index is 0.00485. The summed E-state index contributed by atoms with van der Waals surface area (Å²) in [6.07, 6.45) is 4.86. The third-order valence-corrected chi connectivity index (χ3v) is 6.06. The molecule has 27 heavy (non-hydrogen) atoms. The van der Waals surface area contributed by atoms with Crippen LogP contribution >= 0.6 is 0 Å². The van der Waals surface area contributed by atoms with Gasteiger partial charge in [0.1, 0.15) is 5.75 Å². The van der Waals surface area contributed by atoms with Gasteiger partial charge in [-0.25, -0.2) is 0 Å². The van der Waals surface area contributed by atoms with Gasteiger partial charge in [0, 0.05) is 25.2 Å². The Morgan fingerprint density at radius 2 is 2.04 bits per heavy atom. The topological polar surface area (TPSA) is 61.9 Å². The van der Waals surface area contributed by atoms with Crippen molar-refractivity contribution in [2.75, 3.05) is 44.6 Å². The van der Waals surface area contributed by atoms with E-state index in [0.29, 0.717) is 22.9 Å². The zero-order chi connectivity index (χ0) is 18.8. The number of anilines is 1. The van der Waals surface area contributed by atoms with Gasteiger partial charge >= 0.3 is 0 Å². The van der Waals surface area contributed by atoms with E-state index in [1.54, 1.807) is 18.2 Å². The van der Waals surface area contributed by atoms with Gasteiger partial charge in [-0.15, -0.1) is 0 Å². The molecule has 146 valence electrons. The van der Waals surface area contributed by atoms with Gasteiger partial charge in [0.2, 0.25) is 0 Å². The summed E-state index contributed by atoms with van der Waals surface area (Å²) >= 11 is 0. The Balaban J connectivity index is 1.38. The Morgan fingerprint density at radius 1 is 1.22 bits per heavy atom. The highest BCUT2D eigenvalue weighted by atomic mass is 16.5. The second kappa shape index (κ2) is 7.89. The van der Waals surface area contributed by atoms with Crippen LogP contribution in [0.25, 0.3) is 0 Å². The number of carbonyl (C=O) groups excluding carboxylic acids is 2. The molecular formula is C21H29N3O3. The molecule has 0 spiro atoms. The maximum Gasteiger partial charge on any atom is 0.262 e. The van der Waals surface area contributed by atoms with E-state index in [-0.39, 0.29) is 18.4 Å². The number of hydrogen-bond acceptors (Lipinski definition) is 4. The first-order valence-corrected chi connectivity index (χ1v) is 10.2. The number of likely N-dealkylation sites (tertiary alicyclic amines) is 2. The van der Waals surface area contributed by atoms with Crippen LogP contribution in [0.4, 0.5) is 5.69 Å². The Bertz CT molecular complexity index is 713. The van der Waals surface area contributed by atoms with Crippen LogP contribution in [0, 0.1) is 11.8 Å². The molecule has 1 aromatic carbocycles. The number of rotatable bonds is 3. The maximum absolute atomic E-state index is 13.0. The fourth-order valence-corrected chi connectivity index (χ4v) is 4.40. The van der Waals surface area contributed by atoms with E-state index in [4.69, 9.17) is 4.74 Å². The van der Waals surface area contributed by atoms with Crippen LogP contribution in [0.1, 0.15) is 43.0 Å². The largest absolute Gasteiger partial charge is 0.482 e. The van der Waals surface area contributed by atoms with E-state index in [2.05, 4.69) is 17.1 Å². The van der Waals surface area contributed by atoms with Gasteiger partial charge in [0.05, 0.1) is 5.69 Å². The normalized spacial score (nSPS) is 24.1. The highest BCUT2D eigenvalue weighted by Crippen LogP contribution is 2.30. The summed E-state index contributed by atoms with van der Waals surface area (Å²) in [6, 6.07) is 5.30. The number of nitrogens with zero attached hydrogens (tertiary/aromatic N) is 2. The van der Waals surface area contributed by atoms with Crippen molar-refractivity contribution in [1.82, 2.24) is 9.80 Å². The predicted molar refractivity (Wildman–Crippen MR) is 104 cm³/mol. The molecule has 3 aliphatic rings. The van der Waals surface area contributed by atoms with Gasteiger partial charge in [-0.05, 0) is 68.8 Å². The van der Waals surface area contributed by atoms with Gasteiger partial charge in [-0.2, -0.15) is 0 Å². The summed E-state index contributed by atoms with van der Waals surface area (Å²) in [5.74, 6) is 1.89. The molecule has 1 unspecified atom stereocenters. The second-order valence-electron chi connectivity index (χ2n) is 8.29. The Morgan fingerprint density at radius 3 is 2.85 bits per heavy atom. The molecule has 1 aromatic rings. The van der Waals surface area contributed by atoms with Gasteiger partial charge in [-0.3, -0.25) is 9.59 Å². The average Bonchev–Trinajstić information content (AvgIpc) is 2.69. The molecule has 4 rings (SSSR count). The summed E-state index contributed by atoms with van der Waals surface area (Å²) in [7, 11) is 0. The molecule has 2 saturated heterocycles. The summed E-state index contributed by atoms with van der Waals surface area (Å²) < 4.78 is 5.45. The van der Waals surface area contributed by atoms with E-state index in [9.17, 15) is 9.59 Å². The number of ether oxygens (including phenoxy) is 1. The molecule has 0 saturated carbocycles. The second-order valence-corrected chi connectivity index (χ2v) is 8.29. The molecule has 2 fully saturated rings. The van der Waals surface area contributed by atoms with Crippen LogP contribution in [0.2, 0.25) is 0 Å². The molecule has 0 aromatic heterocycles. The minimum atomic E-state index is -0.160. The highest BCUT2D eigenvalue weighted by molar-refractivity contribution is 5.99. The number of carbonyl (C=O) groups is 2. The monoisotopic (exact) mass is 371 g/mol. The van der Waals surface area contributed by atoms with Gasteiger partial charge in [0.25, 0.3) is 11.8 Å². The van der Waals surface area contributed by atoms with E-state index < -0.39 is 0 Å². The molecule has 6 nitrogen and oxygen atoms in total. The van der Waals surface area contributed by atoms with Gasteiger partial charge in [-0.1, -0.05) is 6.92 Å². The lowest BCUT2D eigenvalue weighted by atomic mass is 9.94. The van der Waals surface area contributed by atoms with Crippen molar-refractivity contribution in [1.29, 1.82) is 0 Å². The van der Waals surface area contributed by atoms with Crippen LogP contribution in [0.3, 0.4) is 0 Å². The van der Waals surface area contributed by atoms with Gasteiger partial charge in [0.15, 0.2) is 6.61 Å². The summed E-state index contributed by atoms with van der Waals surface area (Å²) in [6.45, 7) is 7.49. The summed E-state index contributed by atoms with van der Waals surface area (Å²) in [5, 5.41) is 2.77. The van der Waals surface area contributed by atoms with Crippen LogP contribution in [-0.2, 0) is 4.79 Å². The van der Waals surface area contributed by atoms with Crippen molar-refractivity contribution in [3.63, 3.8) is 0 Å². The smallest absolute Gasteiger partial charge is 0.262 e. The molecule has 1 atom stereocenters. The number of piperidine rings is 2. The fourth-order valence-electron chi connectivity index (χ4n) is 4.40. The SMILES string of the molecule is CC1CCN(CC2CCCN(C(=O)c3ccc4c(c3)OCC(=O)N4)C2)CC1. The van der Waals surface area contributed by atoms with Crippen molar-refractivity contribution in [2.24, 2.45) is 11.8 Å². The molecule has 2 amide bonds. The lowest BCUT2D eigenvalue weighted by Gasteiger charge is -2.38. The van der Waals surface area contributed by atoms with Crippen LogP contribution in [0.15, 0.2) is 18.2 Å². The minimum Gasteiger partial charge on any atom is -0.482 e. The molecule has 1 N–H and O–H groups in total. The van der Waals surface area contributed by atoms with E-state index >= 15 is 0 Å². The third kappa shape index (κ3) is 4.26. The lowest BCUT2D eigenvalue weighted by molar-refractivity contribution is -0.118. The molecule has 0 aliphatic carbocycles. The number of amides is 2. The Labute approximate surface area is 160 Å². The van der Waals surface area contributed by atoms with Crippen molar-refractivity contribution in [3.05, 3.63) is 23.8 Å². The van der Waals surface area contributed by atoms with Crippen molar-refractivity contribution < 1.29 is 14.3 Å². The van der Waals surface area contributed by atoms with Crippen molar-refractivity contribution in [2.45, 2.75) is 32.6 Å². The zero-order valence-corrected chi connectivity index (χ0v) is 16.1. The lowest BCUT2D eigenvalue weighted by Crippen LogP contribution is -2.45. The van der Waals surface area contributed by atoms with Crippen LogP contribution in [-0.4, -0.2) is 60.9 Å². The standard InChI is InChI=1S/C21H29N3O3/c1-15-6-9-23(10-7-15)12-16-3-2-8-24(13-16)21(26)17-4-5-18-19(11-17)27-14-20(25)22-18/h4-5,11,15-16H,2-3,6-10,12-14H2,1H3,(H,22,25). The quantitative estimate of drug-likeness (QED) is 0.887.